The standard InChI is InChI=1S/C15H15ClN2O4/c16-8-1-3-9(4-2-8)18-6-5-12(14(18)20)17-13(19)10-7-11(10)15(21)22/h1-4,10-12H,5-7H2,(H,17,19)(H,21,22)/t10-,11-,12+/m1/s1. The third kappa shape index (κ3) is 2.78. The van der Waals surface area contributed by atoms with Gasteiger partial charge in [0.1, 0.15) is 6.04 Å². The highest BCUT2D eigenvalue weighted by Crippen LogP contribution is 2.39. The molecule has 0 aromatic heterocycles. The molecule has 1 aliphatic heterocycles. The lowest BCUT2D eigenvalue weighted by Crippen LogP contribution is -2.42. The van der Waals surface area contributed by atoms with Crippen LogP contribution in [0.3, 0.4) is 0 Å². The first-order chi connectivity index (χ1) is 10.5. The Morgan fingerprint density at radius 1 is 1.23 bits per heavy atom. The van der Waals surface area contributed by atoms with Crippen LogP contribution < -0.4 is 10.2 Å². The highest BCUT2D eigenvalue weighted by atomic mass is 35.5. The largest absolute Gasteiger partial charge is 0.481 e. The second-order valence-electron chi connectivity index (χ2n) is 5.60. The van der Waals surface area contributed by atoms with E-state index in [1.54, 1.807) is 29.2 Å². The monoisotopic (exact) mass is 322 g/mol. The van der Waals surface area contributed by atoms with Gasteiger partial charge in [0.05, 0.1) is 11.8 Å². The van der Waals surface area contributed by atoms with Crippen LogP contribution in [0.25, 0.3) is 0 Å². The Bertz CT molecular complexity index is 631. The number of carboxylic acid groups (broad SMARTS) is 1. The zero-order valence-corrected chi connectivity index (χ0v) is 12.4. The molecular weight excluding hydrogens is 308 g/mol. The Morgan fingerprint density at radius 2 is 1.91 bits per heavy atom. The Labute approximate surface area is 132 Å². The lowest BCUT2D eigenvalue weighted by atomic mass is 10.2. The predicted octanol–water partition coefficient (Wildman–Crippen LogP) is 1.28. The third-order valence-electron chi connectivity index (χ3n) is 4.10. The van der Waals surface area contributed by atoms with Gasteiger partial charge in [-0.05, 0) is 37.1 Å². The van der Waals surface area contributed by atoms with E-state index in [9.17, 15) is 14.4 Å². The van der Waals surface area contributed by atoms with E-state index in [4.69, 9.17) is 16.7 Å². The van der Waals surface area contributed by atoms with Crippen molar-refractivity contribution >= 4 is 35.1 Å². The Morgan fingerprint density at radius 3 is 2.50 bits per heavy atom. The van der Waals surface area contributed by atoms with Gasteiger partial charge in [0.25, 0.3) is 0 Å². The van der Waals surface area contributed by atoms with Crippen LogP contribution in [0.5, 0.6) is 0 Å². The van der Waals surface area contributed by atoms with Gasteiger partial charge in [-0.3, -0.25) is 14.4 Å². The number of nitrogens with zero attached hydrogens (tertiary/aromatic N) is 1. The zero-order valence-electron chi connectivity index (χ0n) is 11.7. The van der Waals surface area contributed by atoms with Gasteiger partial charge in [-0.15, -0.1) is 0 Å². The number of benzene rings is 1. The summed E-state index contributed by atoms with van der Waals surface area (Å²) in [6.07, 6.45) is 0.862. The molecule has 6 nitrogen and oxygen atoms in total. The lowest BCUT2D eigenvalue weighted by molar-refractivity contribution is -0.140. The molecule has 0 spiro atoms. The first kappa shape index (κ1) is 14.8. The van der Waals surface area contributed by atoms with Crippen molar-refractivity contribution in [1.29, 1.82) is 0 Å². The Balaban J connectivity index is 1.61. The number of hydrogen-bond acceptors (Lipinski definition) is 3. The molecule has 1 saturated heterocycles. The van der Waals surface area contributed by atoms with E-state index in [2.05, 4.69) is 5.32 Å². The molecule has 3 rings (SSSR count). The van der Waals surface area contributed by atoms with Crippen molar-refractivity contribution in [3.05, 3.63) is 29.3 Å². The van der Waals surface area contributed by atoms with Crippen LogP contribution >= 0.6 is 11.6 Å². The average Bonchev–Trinajstić information content (AvgIpc) is 3.22. The molecule has 1 heterocycles. The summed E-state index contributed by atoms with van der Waals surface area (Å²) in [6.45, 7) is 0.512. The van der Waals surface area contributed by atoms with E-state index in [0.29, 0.717) is 24.4 Å². The van der Waals surface area contributed by atoms with Crippen LogP contribution in [0.4, 0.5) is 5.69 Å². The number of hydrogen-bond donors (Lipinski definition) is 2. The molecule has 0 unspecified atom stereocenters. The molecule has 1 aromatic carbocycles. The summed E-state index contributed by atoms with van der Waals surface area (Å²) in [5.41, 5.74) is 0.737. The number of carbonyl (C=O) groups excluding carboxylic acids is 2. The molecule has 2 amide bonds. The van der Waals surface area contributed by atoms with Crippen molar-refractivity contribution in [3.63, 3.8) is 0 Å². The molecule has 2 aliphatic rings. The van der Waals surface area contributed by atoms with Gasteiger partial charge in [0, 0.05) is 17.3 Å². The summed E-state index contributed by atoms with van der Waals surface area (Å²) in [5, 5.41) is 12.1. The molecule has 2 fully saturated rings. The van der Waals surface area contributed by atoms with Gasteiger partial charge in [-0.2, -0.15) is 0 Å². The van der Waals surface area contributed by atoms with E-state index in [1.165, 1.54) is 0 Å². The number of aliphatic carboxylic acids is 1. The minimum absolute atomic E-state index is 0.178. The molecule has 1 aliphatic carbocycles. The van der Waals surface area contributed by atoms with E-state index < -0.39 is 23.8 Å². The van der Waals surface area contributed by atoms with Crippen LogP contribution in [0, 0.1) is 11.8 Å². The number of anilines is 1. The molecule has 1 aromatic rings. The summed E-state index contributed by atoms with van der Waals surface area (Å²) >= 11 is 5.82. The maximum atomic E-state index is 12.3. The molecule has 116 valence electrons. The maximum Gasteiger partial charge on any atom is 0.307 e. The summed E-state index contributed by atoms with van der Waals surface area (Å²) < 4.78 is 0. The van der Waals surface area contributed by atoms with Gasteiger partial charge in [0.2, 0.25) is 11.8 Å². The second kappa shape index (κ2) is 5.61. The number of halogens is 1. The fourth-order valence-electron chi connectivity index (χ4n) is 2.73. The summed E-state index contributed by atoms with van der Waals surface area (Å²) in [4.78, 5) is 36.7. The van der Waals surface area contributed by atoms with Crippen LogP contribution in [0.15, 0.2) is 24.3 Å². The van der Waals surface area contributed by atoms with Crippen molar-refractivity contribution in [2.24, 2.45) is 11.8 Å². The van der Waals surface area contributed by atoms with Gasteiger partial charge < -0.3 is 15.3 Å². The summed E-state index contributed by atoms with van der Waals surface area (Å²) in [6, 6.07) is 6.34. The maximum absolute atomic E-state index is 12.3. The Hall–Kier alpha value is -2.08. The quantitative estimate of drug-likeness (QED) is 0.874. The fraction of sp³-hybridized carbons (Fsp3) is 0.400. The minimum atomic E-state index is -0.958. The Kier molecular flexibility index (Phi) is 3.78. The molecule has 22 heavy (non-hydrogen) atoms. The van der Waals surface area contributed by atoms with E-state index >= 15 is 0 Å². The van der Waals surface area contributed by atoms with Crippen LogP contribution in [-0.4, -0.2) is 35.5 Å². The summed E-state index contributed by atoms with van der Waals surface area (Å²) in [7, 11) is 0. The highest BCUT2D eigenvalue weighted by molar-refractivity contribution is 6.30. The van der Waals surface area contributed by atoms with E-state index in [-0.39, 0.29) is 11.8 Å². The van der Waals surface area contributed by atoms with Gasteiger partial charge >= 0.3 is 5.97 Å². The molecular formula is C15H15ClN2O4. The molecule has 2 N–H and O–H groups in total. The van der Waals surface area contributed by atoms with Crippen molar-refractivity contribution in [3.8, 4) is 0 Å². The van der Waals surface area contributed by atoms with E-state index in [1.807, 2.05) is 0 Å². The SMILES string of the molecule is O=C(O)[C@@H]1C[C@H]1C(=O)N[C@H]1CCN(c2ccc(Cl)cc2)C1=O. The van der Waals surface area contributed by atoms with Crippen molar-refractivity contribution < 1.29 is 19.5 Å². The fourth-order valence-corrected chi connectivity index (χ4v) is 2.85. The normalized spacial score (nSPS) is 26.9. The van der Waals surface area contributed by atoms with Crippen molar-refractivity contribution in [1.82, 2.24) is 5.32 Å². The van der Waals surface area contributed by atoms with Gasteiger partial charge in [-0.1, -0.05) is 11.6 Å². The smallest absolute Gasteiger partial charge is 0.307 e. The first-order valence-electron chi connectivity index (χ1n) is 7.07. The first-order valence-corrected chi connectivity index (χ1v) is 7.45. The van der Waals surface area contributed by atoms with Gasteiger partial charge in [0.15, 0.2) is 0 Å². The number of rotatable bonds is 4. The molecule has 1 saturated carbocycles. The highest BCUT2D eigenvalue weighted by Gasteiger charge is 2.49. The summed E-state index contributed by atoms with van der Waals surface area (Å²) in [5.74, 6) is -2.59. The van der Waals surface area contributed by atoms with Crippen LogP contribution in [0.2, 0.25) is 5.02 Å². The number of carboxylic acids is 1. The van der Waals surface area contributed by atoms with Crippen molar-refractivity contribution in [2.75, 3.05) is 11.4 Å². The zero-order chi connectivity index (χ0) is 15.9. The van der Waals surface area contributed by atoms with Crippen LogP contribution in [-0.2, 0) is 14.4 Å². The molecule has 0 bridgehead atoms. The number of nitrogens with one attached hydrogen (secondary N) is 1. The van der Waals surface area contributed by atoms with Crippen molar-refractivity contribution in [2.45, 2.75) is 18.9 Å². The number of amides is 2. The third-order valence-corrected chi connectivity index (χ3v) is 4.36. The average molecular weight is 323 g/mol. The van der Waals surface area contributed by atoms with Gasteiger partial charge in [-0.25, -0.2) is 0 Å². The topological polar surface area (TPSA) is 86.7 Å². The minimum Gasteiger partial charge on any atom is -0.481 e. The predicted molar refractivity (Wildman–Crippen MR) is 79.6 cm³/mol. The van der Waals surface area contributed by atoms with E-state index in [0.717, 1.165) is 5.69 Å². The molecule has 0 radical (unpaired) electrons. The second-order valence-corrected chi connectivity index (χ2v) is 6.04. The molecule has 7 heteroatoms. The van der Waals surface area contributed by atoms with Crippen LogP contribution in [0.1, 0.15) is 12.8 Å². The number of carbonyl (C=O) groups is 3. The lowest BCUT2D eigenvalue weighted by Gasteiger charge is -2.17. The molecule has 3 atom stereocenters.